The van der Waals surface area contributed by atoms with Crippen molar-refractivity contribution in [3.05, 3.63) is 18.2 Å². The second-order valence-corrected chi connectivity index (χ2v) is 6.89. The van der Waals surface area contributed by atoms with Gasteiger partial charge in [-0.15, -0.1) is 0 Å². The molecule has 1 aliphatic rings. The summed E-state index contributed by atoms with van der Waals surface area (Å²) in [5.74, 6) is 0. The van der Waals surface area contributed by atoms with Crippen molar-refractivity contribution in [3.63, 3.8) is 0 Å². The van der Waals surface area contributed by atoms with Crippen LogP contribution >= 0.6 is 0 Å². The molecule has 1 aliphatic heterocycles. The third kappa shape index (κ3) is 1.30. The van der Waals surface area contributed by atoms with Gasteiger partial charge in [0, 0.05) is 6.54 Å². The summed E-state index contributed by atoms with van der Waals surface area (Å²) in [5, 5.41) is 3.07. The third-order valence-corrected chi connectivity index (χ3v) is 5.28. The Bertz CT molecular complexity index is 506. The zero-order valence-corrected chi connectivity index (χ0v) is 9.56. The second-order valence-electron chi connectivity index (χ2n) is 4.34. The molecule has 0 bridgehead atoms. The molecule has 1 heterocycles. The van der Waals surface area contributed by atoms with Crippen LogP contribution in [-0.2, 0) is 9.84 Å². The zero-order chi connectivity index (χ0) is 11.3. The molecule has 0 unspecified atom stereocenters. The first kappa shape index (κ1) is 10.3. The van der Waals surface area contributed by atoms with Crippen LogP contribution in [0.4, 0.5) is 11.4 Å². The Kier molecular flexibility index (Phi) is 1.98. The molecular weight excluding hydrogens is 212 g/mol. The fourth-order valence-corrected chi connectivity index (χ4v) is 3.23. The average Bonchev–Trinajstić information content (AvgIpc) is 2.13. The van der Waals surface area contributed by atoms with Crippen molar-refractivity contribution in [2.45, 2.75) is 23.5 Å². The largest absolute Gasteiger partial charge is 0.397 e. The van der Waals surface area contributed by atoms with Crippen LogP contribution in [0.15, 0.2) is 23.1 Å². The van der Waals surface area contributed by atoms with E-state index in [2.05, 4.69) is 5.32 Å². The predicted molar refractivity (Wildman–Crippen MR) is 60.6 cm³/mol. The van der Waals surface area contributed by atoms with E-state index in [1.54, 1.807) is 32.0 Å². The van der Waals surface area contributed by atoms with Gasteiger partial charge in [-0.25, -0.2) is 8.42 Å². The van der Waals surface area contributed by atoms with Gasteiger partial charge in [0.1, 0.15) is 0 Å². The maximum Gasteiger partial charge on any atom is 0.187 e. The number of nitrogen functional groups attached to an aromatic ring is 1. The number of nitrogens with one attached hydrogen (secondary N) is 1. The van der Waals surface area contributed by atoms with E-state index in [1.165, 1.54) is 0 Å². The number of anilines is 2. The lowest BCUT2D eigenvalue weighted by atomic mass is 10.2. The van der Waals surface area contributed by atoms with Crippen LogP contribution in [-0.4, -0.2) is 19.7 Å². The summed E-state index contributed by atoms with van der Waals surface area (Å²) < 4.78 is 23.6. The fraction of sp³-hybridized carbons (Fsp3) is 0.400. The maximum atomic E-state index is 12.2. The zero-order valence-electron chi connectivity index (χ0n) is 8.74. The minimum Gasteiger partial charge on any atom is -0.397 e. The van der Waals surface area contributed by atoms with Gasteiger partial charge in [-0.05, 0) is 26.0 Å². The monoisotopic (exact) mass is 226 g/mol. The van der Waals surface area contributed by atoms with Gasteiger partial charge in [0.2, 0.25) is 0 Å². The van der Waals surface area contributed by atoms with Crippen molar-refractivity contribution in [1.29, 1.82) is 0 Å². The lowest BCUT2D eigenvalue weighted by Crippen LogP contribution is -2.43. The first-order chi connectivity index (χ1) is 6.86. The maximum absolute atomic E-state index is 12.2. The van der Waals surface area contributed by atoms with E-state index in [0.717, 1.165) is 0 Å². The van der Waals surface area contributed by atoms with E-state index in [4.69, 9.17) is 5.73 Å². The average molecular weight is 226 g/mol. The van der Waals surface area contributed by atoms with Gasteiger partial charge >= 0.3 is 0 Å². The SMILES string of the molecule is CC1(C)CNc2c(N)cccc2S1(=O)=O. The summed E-state index contributed by atoms with van der Waals surface area (Å²) in [7, 11) is -3.29. The minimum absolute atomic E-state index is 0.304. The molecule has 1 aromatic carbocycles. The first-order valence-corrected chi connectivity index (χ1v) is 6.21. The van der Waals surface area contributed by atoms with Gasteiger partial charge in [0.25, 0.3) is 0 Å². The third-order valence-electron chi connectivity index (χ3n) is 2.77. The van der Waals surface area contributed by atoms with Crippen molar-refractivity contribution >= 4 is 21.2 Å². The number of rotatable bonds is 0. The number of nitrogens with two attached hydrogens (primary N) is 1. The summed E-state index contributed by atoms with van der Waals surface area (Å²) in [6.07, 6.45) is 0. The Morgan fingerprint density at radius 1 is 1.40 bits per heavy atom. The van der Waals surface area contributed by atoms with E-state index < -0.39 is 14.6 Å². The normalized spacial score (nSPS) is 21.5. The van der Waals surface area contributed by atoms with E-state index in [-0.39, 0.29) is 0 Å². The van der Waals surface area contributed by atoms with Crippen LogP contribution in [0.5, 0.6) is 0 Å². The molecule has 0 amide bonds. The molecule has 82 valence electrons. The number of hydrogen-bond donors (Lipinski definition) is 2. The number of hydrogen-bond acceptors (Lipinski definition) is 4. The van der Waals surface area contributed by atoms with Crippen molar-refractivity contribution < 1.29 is 8.42 Å². The van der Waals surface area contributed by atoms with Crippen LogP contribution in [0.25, 0.3) is 0 Å². The molecule has 0 aromatic heterocycles. The molecule has 5 heteroatoms. The molecule has 4 nitrogen and oxygen atoms in total. The fourth-order valence-electron chi connectivity index (χ4n) is 1.66. The Morgan fingerprint density at radius 2 is 2.07 bits per heavy atom. The standard InChI is InChI=1S/C10H14N2O2S/c1-10(2)6-12-9-7(11)4-3-5-8(9)15(10,13)14/h3-5,12H,6,11H2,1-2H3. The summed E-state index contributed by atoms with van der Waals surface area (Å²) in [6, 6.07) is 4.95. The highest BCUT2D eigenvalue weighted by molar-refractivity contribution is 7.93. The Morgan fingerprint density at radius 3 is 2.73 bits per heavy atom. The number of benzene rings is 1. The Labute approximate surface area is 89.4 Å². The molecule has 0 aliphatic carbocycles. The van der Waals surface area contributed by atoms with Gasteiger partial charge in [-0.1, -0.05) is 6.07 Å². The summed E-state index contributed by atoms with van der Waals surface area (Å²) >= 11 is 0. The van der Waals surface area contributed by atoms with Gasteiger partial charge < -0.3 is 11.1 Å². The highest BCUT2D eigenvalue weighted by atomic mass is 32.2. The Hall–Kier alpha value is -1.23. The number of sulfone groups is 1. The van der Waals surface area contributed by atoms with E-state index >= 15 is 0 Å². The number of fused-ring (bicyclic) bond motifs is 1. The molecular formula is C10H14N2O2S. The number of para-hydroxylation sites is 1. The predicted octanol–water partition coefficient (Wildman–Crippen LogP) is 1.25. The smallest absolute Gasteiger partial charge is 0.187 e. The molecule has 0 fully saturated rings. The summed E-state index contributed by atoms with van der Waals surface area (Å²) in [4.78, 5) is 0.304. The van der Waals surface area contributed by atoms with E-state index in [9.17, 15) is 8.42 Å². The first-order valence-electron chi connectivity index (χ1n) is 4.73. The second kappa shape index (κ2) is 2.88. The van der Waals surface area contributed by atoms with Crippen LogP contribution in [0.3, 0.4) is 0 Å². The van der Waals surface area contributed by atoms with Gasteiger partial charge in [0.15, 0.2) is 9.84 Å². The van der Waals surface area contributed by atoms with Crippen LogP contribution < -0.4 is 11.1 Å². The van der Waals surface area contributed by atoms with Crippen LogP contribution in [0.2, 0.25) is 0 Å². The molecule has 1 aromatic rings. The molecule has 15 heavy (non-hydrogen) atoms. The van der Waals surface area contributed by atoms with Crippen molar-refractivity contribution in [1.82, 2.24) is 0 Å². The van der Waals surface area contributed by atoms with E-state index in [1.807, 2.05) is 0 Å². The van der Waals surface area contributed by atoms with Gasteiger partial charge in [-0.2, -0.15) is 0 Å². The van der Waals surface area contributed by atoms with Crippen molar-refractivity contribution in [3.8, 4) is 0 Å². The quantitative estimate of drug-likeness (QED) is 0.653. The molecule has 0 saturated carbocycles. The molecule has 0 radical (unpaired) electrons. The molecule has 0 atom stereocenters. The molecule has 0 saturated heterocycles. The highest BCUT2D eigenvalue weighted by Crippen LogP contribution is 2.38. The van der Waals surface area contributed by atoms with Gasteiger partial charge in [-0.3, -0.25) is 0 Å². The lowest BCUT2D eigenvalue weighted by molar-refractivity contribution is 0.548. The Balaban J connectivity index is 2.75. The van der Waals surface area contributed by atoms with Crippen molar-refractivity contribution in [2.75, 3.05) is 17.6 Å². The summed E-state index contributed by atoms with van der Waals surface area (Å²) in [6.45, 7) is 3.81. The topological polar surface area (TPSA) is 72.2 Å². The molecule has 2 rings (SSSR count). The van der Waals surface area contributed by atoms with Gasteiger partial charge in [0.05, 0.1) is 21.0 Å². The summed E-state index contributed by atoms with van der Waals surface area (Å²) in [5.41, 5.74) is 6.74. The molecule has 0 spiro atoms. The van der Waals surface area contributed by atoms with E-state index in [0.29, 0.717) is 22.8 Å². The van der Waals surface area contributed by atoms with Crippen molar-refractivity contribution in [2.24, 2.45) is 0 Å². The van der Waals surface area contributed by atoms with Crippen LogP contribution in [0, 0.1) is 0 Å². The highest BCUT2D eigenvalue weighted by Gasteiger charge is 2.41. The van der Waals surface area contributed by atoms with Crippen LogP contribution in [0.1, 0.15) is 13.8 Å². The lowest BCUT2D eigenvalue weighted by Gasteiger charge is -2.32. The minimum atomic E-state index is -3.29. The molecule has 3 N–H and O–H groups in total.